The molecule has 0 fully saturated rings. The SMILES string of the molecule is CC1CC(O)c2cc(F)ccc2S1. The van der Waals surface area contributed by atoms with Crippen LogP contribution in [0.15, 0.2) is 23.1 Å². The lowest BCUT2D eigenvalue weighted by Gasteiger charge is -2.25. The third-order valence-electron chi connectivity index (χ3n) is 2.21. The van der Waals surface area contributed by atoms with E-state index in [-0.39, 0.29) is 5.82 Å². The molecule has 0 saturated heterocycles. The molecule has 0 spiro atoms. The first-order valence-electron chi connectivity index (χ1n) is 4.31. The number of thioether (sulfide) groups is 1. The van der Waals surface area contributed by atoms with Crippen LogP contribution in [0.2, 0.25) is 0 Å². The molecule has 2 rings (SSSR count). The van der Waals surface area contributed by atoms with Crippen LogP contribution < -0.4 is 0 Å². The standard InChI is InChI=1S/C10H11FOS/c1-6-4-9(12)8-5-7(11)2-3-10(8)13-6/h2-3,5-6,9,12H,4H2,1H3. The molecule has 1 aromatic carbocycles. The molecular weight excluding hydrogens is 187 g/mol. The molecule has 3 heteroatoms. The minimum Gasteiger partial charge on any atom is -0.388 e. The van der Waals surface area contributed by atoms with E-state index in [1.54, 1.807) is 17.8 Å². The van der Waals surface area contributed by atoms with E-state index >= 15 is 0 Å². The first-order valence-corrected chi connectivity index (χ1v) is 5.19. The van der Waals surface area contributed by atoms with Crippen molar-refractivity contribution >= 4 is 11.8 Å². The summed E-state index contributed by atoms with van der Waals surface area (Å²) in [7, 11) is 0. The van der Waals surface area contributed by atoms with Crippen LogP contribution >= 0.6 is 11.8 Å². The fraction of sp³-hybridized carbons (Fsp3) is 0.400. The van der Waals surface area contributed by atoms with Crippen LogP contribution in [-0.4, -0.2) is 10.4 Å². The first kappa shape index (κ1) is 9.03. The summed E-state index contributed by atoms with van der Waals surface area (Å²) in [5.74, 6) is -0.270. The number of hydrogen-bond acceptors (Lipinski definition) is 2. The Morgan fingerprint density at radius 1 is 1.54 bits per heavy atom. The van der Waals surface area contributed by atoms with Crippen molar-refractivity contribution in [3.63, 3.8) is 0 Å². The van der Waals surface area contributed by atoms with Crippen molar-refractivity contribution in [1.29, 1.82) is 0 Å². The summed E-state index contributed by atoms with van der Waals surface area (Å²) in [6, 6.07) is 4.61. The van der Waals surface area contributed by atoms with Gasteiger partial charge in [0.1, 0.15) is 5.82 Å². The number of hydrogen-bond donors (Lipinski definition) is 1. The van der Waals surface area contributed by atoms with Gasteiger partial charge in [0.05, 0.1) is 6.10 Å². The first-order chi connectivity index (χ1) is 6.16. The average Bonchev–Trinajstić information content (AvgIpc) is 2.06. The van der Waals surface area contributed by atoms with Gasteiger partial charge < -0.3 is 5.11 Å². The lowest BCUT2D eigenvalue weighted by molar-refractivity contribution is 0.162. The number of aliphatic hydroxyl groups excluding tert-OH is 1. The second-order valence-electron chi connectivity index (χ2n) is 3.36. The third-order valence-corrected chi connectivity index (χ3v) is 3.43. The number of fused-ring (bicyclic) bond motifs is 1. The van der Waals surface area contributed by atoms with Crippen LogP contribution in [0.25, 0.3) is 0 Å². The summed E-state index contributed by atoms with van der Waals surface area (Å²) in [6.07, 6.45) is 0.211. The van der Waals surface area contributed by atoms with Crippen LogP contribution in [0.3, 0.4) is 0 Å². The van der Waals surface area contributed by atoms with E-state index in [1.165, 1.54) is 12.1 Å². The predicted octanol–water partition coefficient (Wildman–Crippen LogP) is 2.74. The highest BCUT2D eigenvalue weighted by molar-refractivity contribution is 8.00. The molecule has 70 valence electrons. The fourth-order valence-electron chi connectivity index (χ4n) is 1.59. The van der Waals surface area contributed by atoms with Gasteiger partial charge in [-0.05, 0) is 30.2 Å². The highest BCUT2D eigenvalue weighted by Crippen LogP contribution is 2.40. The molecule has 0 aliphatic carbocycles. The lowest BCUT2D eigenvalue weighted by Crippen LogP contribution is -2.13. The lowest BCUT2D eigenvalue weighted by atomic mass is 10.0. The zero-order valence-electron chi connectivity index (χ0n) is 7.33. The van der Waals surface area contributed by atoms with Crippen LogP contribution in [0.4, 0.5) is 4.39 Å². The van der Waals surface area contributed by atoms with E-state index in [4.69, 9.17) is 0 Å². The van der Waals surface area contributed by atoms with Crippen molar-refractivity contribution in [3.05, 3.63) is 29.6 Å². The van der Waals surface area contributed by atoms with Crippen molar-refractivity contribution in [3.8, 4) is 0 Å². The Balaban J connectivity index is 2.43. The number of rotatable bonds is 0. The van der Waals surface area contributed by atoms with Gasteiger partial charge in [-0.1, -0.05) is 6.92 Å². The molecule has 1 aromatic rings. The molecule has 0 bridgehead atoms. The van der Waals surface area contributed by atoms with Gasteiger partial charge >= 0.3 is 0 Å². The molecule has 0 saturated carbocycles. The van der Waals surface area contributed by atoms with Gasteiger partial charge in [-0.25, -0.2) is 4.39 Å². The van der Waals surface area contributed by atoms with E-state index in [0.29, 0.717) is 11.7 Å². The molecule has 1 aliphatic heterocycles. The van der Waals surface area contributed by atoms with Gasteiger partial charge in [0.15, 0.2) is 0 Å². The van der Waals surface area contributed by atoms with Gasteiger partial charge in [-0.2, -0.15) is 0 Å². The summed E-state index contributed by atoms with van der Waals surface area (Å²) in [4.78, 5) is 1.01. The maximum Gasteiger partial charge on any atom is 0.123 e. The van der Waals surface area contributed by atoms with Gasteiger partial charge in [0, 0.05) is 10.1 Å². The molecule has 1 heterocycles. The van der Waals surface area contributed by atoms with Gasteiger partial charge in [0.2, 0.25) is 0 Å². The Hall–Kier alpha value is -0.540. The van der Waals surface area contributed by atoms with Crippen LogP contribution in [0.5, 0.6) is 0 Å². The predicted molar refractivity (Wildman–Crippen MR) is 51.3 cm³/mol. The molecule has 0 radical (unpaired) electrons. The zero-order valence-corrected chi connectivity index (χ0v) is 8.14. The number of aliphatic hydroxyl groups is 1. The highest BCUT2D eigenvalue weighted by Gasteiger charge is 2.23. The van der Waals surface area contributed by atoms with Crippen molar-refractivity contribution in [1.82, 2.24) is 0 Å². The second-order valence-corrected chi connectivity index (χ2v) is 4.84. The van der Waals surface area contributed by atoms with E-state index in [0.717, 1.165) is 10.5 Å². The summed E-state index contributed by atoms with van der Waals surface area (Å²) in [6.45, 7) is 2.07. The molecular formula is C10H11FOS. The monoisotopic (exact) mass is 198 g/mol. The molecule has 1 nitrogen and oxygen atoms in total. The Bertz CT molecular complexity index is 327. The highest BCUT2D eigenvalue weighted by atomic mass is 32.2. The Kier molecular flexibility index (Phi) is 2.30. The van der Waals surface area contributed by atoms with Gasteiger partial charge in [-0.3, -0.25) is 0 Å². The summed E-state index contributed by atoms with van der Waals surface area (Å²) in [5, 5.41) is 10.1. The smallest absolute Gasteiger partial charge is 0.123 e. The molecule has 2 unspecified atom stereocenters. The van der Waals surface area contributed by atoms with Crippen molar-refractivity contribution in [2.24, 2.45) is 0 Å². The number of benzene rings is 1. The molecule has 0 amide bonds. The van der Waals surface area contributed by atoms with E-state index in [9.17, 15) is 9.50 Å². The van der Waals surface area contributed by atoms with Crippen LogP contribution in [0.1, 0.15) is 25.0 Å². The minimum absolute atomic E-state index is 0.270. The minimum atomic E-state index is -0.498. The molecule has 1 N–H and O–H groups in total. The van der Waals surface area contributed by atoms with Crippen LogP contribution in [-0.2, 0) is 0 Å². The van der Waals surface area contributed by atoms with Crippen molar-refractivity contribution < 1.29 is 9.50 Å². The molecule has 1 aliphatic rings. The maximum atomic E-state index is 12.8. The fourth-order valence-corrected chi connectivity index (χ4v) is 2.78. The molecule has 13 heavy (non-hydrogen) atoms. The molecule has 0 aromatic heterocycles. The second kappa shape index (κ2) is 3.31. The third kappa shape index (κ3) is 1.71. The quantitative estimate of drug-likeness (QED) is 0.691. The van der Waals surface area contributed by atoms with E-state index in [1.807, 2.05) is 0 Å². The summed E-state index contributed by atoms with van der Waals surface area (Å²) >= 11 is 1.70. The zero-order chi connectivity index (χ0) is 9.42. The normalized spacial score (nSPS) is 27.0. The topological polar surface area (TPSA) is 20.2 Å². The Morgan fingerprint density at radius 3 is 3.08 bits per heavy atom. The Morgan fingerprint density at radius 2 is 2.31 bits per heavy atom. The Labute approximate surface area is 81.0 Å². The largest absolute Gasteiger partial charge is 0.388 e. The van der Waals surface area contributed by atoms with Crippen LogP contribution in [0, 0.1) is 5.82 Å². The number of halogens is 1. The van der Waals surface area contributed by atoms with E-state index in [2.05, 4.69) is 6.92 Å². The summed E-state index contributed by atoms with van der Waals surface area (Å²) in [5.41, 5.74) is 0.739. The van der Waals surface area contributed by atoms with E-state index < -0.39 is 6.10 Å². The maximum absolute atomic E-state index is 12.8. The van der Waals surface area contributed by atoms with Crippen molar-refractivity contribution in [2.75, 3.05) is 0 Å². The summed E-state index contributed by atoms with van der Waals surface area (Å²) < 4.78 is 12.8. The average molecular weight is 198 g/mol. The van der Waals surface area contributed by atoms with Gasteiger partial charge in [0.25, 0.3) is 0 Å². The molecule has 2 atom stereocenters. The van der Waals surface area contributed by atoms with Crippen molar-refractivity contribution in [2.45, 2.75) is 29.6 Å². The van der Waals surface area contributed by atoms with Gasteiger partial charge in [-0.15, -0.1) is 11.8 Å².